The van der Waals surface area contributed by atoms with Crippen molar-refractivity contribution in [3.05, 3.63) is 23.8 Å². The van der Waals surface area contributed by atoms with Crippen molar-refractivity contribution in [3.8, 4) is 11.5 Å². The fourth-order valence-electron chi connectivity index (χ4n) is 5.08. The molecule has 2 amide bonds. The molecule has 0 saturated carbocycles. The van der Waals surface area contributed by atoms with Crippen LogP contribution in [0.25, 0.3) is 0 Å². The number of hydrogen-bond donors (Lipinski definition) is 3. The van der Waals surface area contributed by atoms with E-state index in [0.717, 1.165) is 18.4 Å². The zero-order valence-corrected chi connectivity index (χ0v) is 25.9. The summed E-state index contributed by atoms with van der Waals surface area (Å²) in [6.45, 7) is 11.4. The molecule has 0 aromatic heterocycles. The summed E-state index contributed by atoms with van der Waals surface area (Å²) in [6, 6.07) is 5.48. The number of hydrogen-bond acceptors (Lipinski definition) is 8. The molecule has 1 aromatic rings. The minimum Gasteiger partial charge on any atom is -0.493 e. The lowest BCUT2D eigenvalue weighted by Crippen LogP contribution is -2.47. The SMILES string of the molecule is COCCCOc1cc(C[C@@H](C[C@H](N)[C@@H](O)C[C@H](C(=O)NCC(=O)N2CCOCC2)C(C)C)C(C)C)ccc1OC. The molecule has 1 aliphatic rings. The highest BCUT2D eigenvalue weighted by atomic mass is 16.5. The van der Waals surface area contributed by atoms with Crippen molar-refractivity contribution in [2.24, 2.45) is 29.4 Å². The van der Waals surface area contributed by atoms with E-state index in [0.29, 0.717) is 63.4 Å². The van der Waals surface area contributed by atoms with Crippen LogP contribution in [0.15, 0.2) is 18.2 Å². The van der Waals surface area contributed by atoms with E-state index in [2.05, 4.69) is 19.2 Å². The van der Waals surface area contributed by atoms with Gasteiger partial charge in [-0.25, -0.2) is 0 Å². The Balaban J connectivity index is 1.97. The third kappa shape index (κ3) is 11.8. The number of aliphatic hydroxyl groups excluding tert-OH is 1. The van der Waals surface area contributed by atoms with Crippen LogP contribution in [0.5, 0.6) is 11.5 Å². The highest BCUT2D eigenvalue weighted by molar-refractivity contribution is 5.86. The summed E-state index contributed by atoms with van der Waals surface area (Å²) < 4.78 is 21.8. The third-order valence-corrected chi connectivity index (χ3v) is 7.90. The minimum absolute atomic E-state index is 0.0159. The molecule has 4 N–H and O–H groups in total. The van der Waals surface area contributed by atoms with E-state index in [4.69, 9.17) is 24.7 Å². The number of nitrogens with one attached hydrogen (secondary N) is 1. The summed E-state index contributed by atoms with van der Waals surface area (Å²) in [5.41, 5.74) is 7.65. The van der Waals surface area contributed by atoms with E-state index in [1.54, 1.807) is 19.1 Å². The fraction of sp³-hybridized carbons (Fsp3) is 0.742. The van der Waals surface area contributed by atoms with Crippen LogP contribution in [0.2, 0.25) is 0 Å². The first-order chi connectivity index (χ1) is 19.6. The quantitative estimate of drug-likeness (QED) is 0.226. The average Bonchev–Trinajstić information content (AvgIpc) is 2.96. The Labute approximate surface area is 246 Å². The number of amides is 2. The molecule has 4 atom stereocenters. The van der Waals surface area contributed by atoms with Crippen LogP contribution in [0.1, 0.15) is 52.5 Å². The number of nitrogens with two attached hydrogens (primary N) is 1. The maximum absolute atomic E-state index is 13.0. The predicted octanol–water partition coefficient (Wildman–Crippen LogP) is 2.64. The lowest BCUT2D eigenvalue weighted by atomic mass is 9.81. The standard InChI is InChI=1S/C31H53N3O7/c1-21(2)24(16-23-8-9-28(39-6)29(17-23)41-13-7-12-38-5)18-26(32)27(35)19-25(22(3)4)31(37)33-20-30(36)34-10-14-40-15-11-34/h8-9,17,21-22,24-27,35H,7,10-16,18-20,32H2,1-6H3,(H,33,37)/t24-,25-,26-,27-/m0/s1. The first kappa shape index (κ1) is 34.8. The van der Waals surface area contributed by atoms with Crippen molar-refractivity contribution in [1.82, 2.24) is 10.2 Å². The van der Waals surface area contributed by atoms with Crippen LogP contribution in [0, 0.1) is 23.7 Å². The number of morpholine rings is 1. The number of nitrogens with zero attached hydrogens (tertiary/aromatic N) is 1. The molecule has 1 heterocycles. The van der Waals surface area contributed by atoms with Crippen LogP contribution in [0.3, 0.4) is 0 Å². The maximum atomic E-state index is 13.0. The summed E-state index contributed by atoms with van der Waals surface area (Å²) in [5, 5.41) is 13.9. The average molecular weight is 580 g/mol. The van der Waals surface area contributed by atoms with Gasteiger partial charge in [-0.05, 0) is 54.7 Å². The lowest BCUT2D eigenvalue weighted by molar-refractivity contribution is -0.137. The Morgan fingerprint density at radius 3 is 2.37 bits per heavy atom. The second-order valence-electron chi connectivity index (χ2n) is 11.7. The molecule has 0 spiro atoms. The van der Waals surface area contributed by atoms with Gasteiger partial charge in [-0.15, -0.1) is 0 Å². The number of aliphatic hydroxyl groups is 1. The molecule has 234 valence electrons. The van der Waals surface area contributed by atoms with Gasteiger partial charge in [0.2, 0.25) is 11.8 Å². The molecule has 1 saturated heterocycles. The van der Waals surface area contributed by atoms with E-state index in [1.165, 1.54) is 0 Å². The van der Waals surface area contributed by atoms with Gasteiger partial charge in [0.15, 0.2) is 11.5 Å². The van der Waals surface area contributed by atoms with Gasteiger partial charge < -0.3 is 40.0 Å². The summed E-state index contributed by atoms with van der Waals surface area (Å²) in [5.74, 6) is 1.11. The topological polar surface area (TPSA) is 133 Å². The molecule has 0 radical (unpaired) electrons. The molecule has 1 aliphatic heterocycles. The van der Waals surface area contributed by atoms with E-state index in [-0.39, 0.29) is 36.6 Å². The minimum atomic E-state index is -0.847. The van der Waals surface area contributed by atoms with Crippen LogP contribution in [0.4, 0.5) is 0 Å². The van der Waals surface area contributed by atoms with Crippen LogP contribution < -0.4 is 20.5 Å². The first-order valence-electron chi connectivity index (χ1n) is 14.9. The predicted molar refractivity (Wildman–Crippen MR) is 159 cm³/mol. The molecule has 10 heteroatoms. The molecular weight excluding hydrogens is 526 g/mol. The fourth-order valence-corrected chi connectivity index (χ4v) is 5.08. The Bertz CT molecular complexity index is 921. The van der Waals surface area contributed by atoms with Gasteiger partial charge in [-0.2, -0.15) is 0 Å². The largest absolute Gasteiger partial charge is 0.493 e. The van der Waals surface area contributed by atoms with Crippen LogP contribution in [-0.4, -0.2) is 94.2 Å². The van der Waals surface area contributed by atoms with Crippen molar-refractivity contribution in [1.29, 1.82) is 0 Å². The maximum Gasteiger partial charge on any atom is 0.242 e. The van der Waals surface area contributed by atoms with Gasteiger partial charge in [-0.1, -0.05) is 33.8 Å². The molecule has 0 unspecified atom stereocenters. The Hall–Kier alpha value is -2.40. The molecule has 2 rings (SSSR count). The smallest absolute Gasteiger partial charge is 0.242 e. The number of methoxy groups -OCH3 is 2. The summed E-state index contributed by atoms with van der Waals surface area (Å²) in [7, 11) is 3.30. The lowest BCUT2D eigenvalue weighted by Gasteiger charge is -2.30. The second kappa shape index (κ2) is 18.2. The second-order valence-corrected chi connectivity index (χ2v) is 11.7. The molecule has 1 fully saturated rings. The Morgan fingerprint density at radius 2 is 1.76 bits per heavy atom. The van der Waals surface area contributed by atoms with E-state index >= 15 is 0 Å². The van der Waals surface area contributed by atoms with Crippen molar-refractivity contribution >= 4 is 11.8 Å². The van der Waals surface area contributed by atoms with Crippen LogP contribution in [-0.2, 0) is 25.5 Å². The van der Waals surface area contributed by atoms with Crippen molar-refractivity contribution in [2.45, 2.75) is 65.5 Å². The number of benzene rings is 1. The van der Waals surface area contributed by atoms with Gasteiger partial charge in [-0.3, -0.25) is 9.59 Å². The number of carbonyl (C=O) groups is 2. The van der Waals surface area contributed by atoms with Crippen molar-refractivity contribution < 1.29 is 33.6 Å². The monoisotopic (exact) mass is 579 g/mol. The first-order valence-corrected chi connectivity index (χ1v) is 14.9. The van der Waals surface area contributed by atoms with Crippen molar-refractivity contribution in [2.75, 3.05) is 60.3 Å². The molecule has 10 nitrogen and oxygen atoms in total. The van der Waals surface area contributed by atoms with Gasteiger partial charge in [0.25, 0.3) is 0 Å². The number of carbonyl (C=O) groups excluding carboxylic acids is 2. The highest BCUT2D eigenvalue weighted by Gasteiger charge is 2.30. The molecule has 0 aliphatic carbocycles. The number of rotatable bonds is 18. The summed E-state index contributed by atoms with van der Waals surface area (Å²) >= 11 is 0. The van der Waals surface area contributed by atoms with Crippen LogP contribution >= 0.6 is 0 Å². The molecular formula is C31H53N3O7. The molecule has 1 aromatic carbocycles. The zero-order valence-electron chi connectivity index (χ0n) is 25.9. The van der Waals surface area contributed by atoms with E-state index < -0.39 is 18.1 Å². The van der Waals surface area contributed by atoms with Gasteiger partial charge in [0.05, 0.1) is 39.6 Å². The van der Waals surface area contributed by atoms with Crippen molar-refractivity contribution in [3.63, 3.8) is 0 Å². The van der Waals surface area contributed by atoms with Gasteiger partial charge in [0.1, 0.15) is 0 Å². The third-order valence-electron chi connectivity index (χ3n) is 7.90. The Morgan fingerprint density at radius 1 is 1.05 bits per heavy atom. The zero-order chi connectivity index (χ0) is 30.4. The number of ether oxygens (including phenoxy) is 4. The molecule has 41 heavy (non-hydrogen) atoms. The summed E-state index contributed by atoms with van der Waals surface area (Å²) in [6.07, 6.45) is 1.55. The molecule has 0 bridgehead atoms. The summed E-state index contributed by atoms with van der Waals surface area (Å²) in [4.78, 5) is 27.2. The van der Waals surface area contributed by atoms with E-state index in [9.17, 15) is 14.7 Å². The van der Waals surface area contributed by atoms with Gasteiger partial charge in [0, 0.05) is 45.2 Å². The normalized spacial score (nSPS) is 16.8. The van der Waals surface area contributed by atoms with Gasteiger partial charge >= 0.3 is 0 Å². The highest BCUT2D eigenvalue weighted by Crippen LogP contribution is 2.31. The Kier molecular flexibility index (Phi) is 15.5. The van der Waals surface area contributed by atoms with E-state index in [1.807, 2.05) is 32.0 Å².